The Morgan fingerprint density at radius 1 is 0.889 bits per heavy atom. The van der Waals surface area contributed by atoms with Crippen LogP contribution in [0.5, 0.6) is 5.75 Å². The van der Waals surface area contributed by atoms with Crippen LogP contribution in [0.4, 0.5) is 0 Å². The van der Waals surface area contributed by atoms with E-state index < -0.39 is 0 Å². The third-order valence-corrected chi connectivity index (χ3v) is 3.50. The van der Waals surface area contributed by atoms with Gasteiger partial charge in [-0.3, -0.25) is 0 Å². The van der Waals surface area contributed by atoms with E-state index in [4.69, 9.17) is 4.52 Å². The topological polar surface area (TPSA) is 9.23 Å². The lowest BCUT2D eigenvalue weighted by Crippen LogP contribution is -2.17. The first-order valence-corrected chi connectivity index (χ1v) is 8.67. The lowest BCUT2D eigenvalue weighted by molar-refractivity contribution is 0.530. The largest absolute Gasteiger partial charge is 0.474 e. The first kappa shape index (κ1) is 15.5. The first-order chi connectivity index (χ1) is 8.01. The molecular weight excluding hydrogens is 239 g/mol. The van der Waals surface area contributed by atoms with E-state index in [-0.39, 0.29) is 19.0 Å². The minimum Gasteiger partial charge on any atom is -0.474 e. The molecule has 0 radical (unpaired) electrons. The minimum absolute atomic E-state index is 0.113. The van der Waals surface area contributed by atoms with Gasteiger partial charge in [0.1, 0.15) is 5.75 Å². The van der Waals surface area contributed by atoms with Crippen LogP contribution < -0.4 is 4.52 Å². The van der Waals surface area contributed by atoms with Crippen molar-refractivity contribution < 1.29 is 4.52 Å². The van der Waals surface area contributed by atoms with E-state index in [1.54, 1.807) is 0 Å². The van der Waals surface area contributed by atoms with E-state index in [2.05, 4.69) is 73.1 Å². The standard InChI is InChI=1S/C16H27OP/c1-15(2,3)12-9-10-14(17-18(7)8)13(11-12)16(4,5)6/h9-11H,1-8H3. The van der Waals surface area contributed by atoms with E-state index in [9.17, 15) is 0 Å². The van der Waals surface area contributed by atoms with Gasteiger partial charge in [-0.05, 0) is 35.8 Å². The van der Waals surface area contributed by atoms with E-state index in [1.165, 1.54) is 11.1 Å². The summed E-state index contributed by atoms with van der Waals surface area (Å²) in [6.45, 7) is 17.8. The second-order valence-electron chi connectivity index (χ2n) is 7.11. The number of hydrogen-bond acceptors (Lipinski definition) is 1. The smallest absolute Gasteiger partial charge is 0.126 e. The van der Waals surface area contributed by atoms with Crippen molar-refractivity contribution in [2.75, 3.05) is 13.3 Å². The molecule has 2 heteroatoms. The number of rotatable bonds is 2. The fourth-order valence-electron chi connectivity index (χ4n) is 1.86. The highest BCUT2D eigenvalue weighted by molar-refractivity contribution is 7.51. The van der Waals surface area contributed by atoms with Gasteiger partial charge in [0, 0.05) is 5.56 Å². The summed E-state index contributed by atoms with van der Waals surface area (Å²) in [5.41, 5.74) is 2.98. The second kappa shape index (κ2) is 5.21. The van der Waals surface area contributed by atoms with Gasteiger partial charge >= 0.3 is 0 Å². The summed E-state index contributed by atoms with van der Waals surface area (Å²) in [5, 5.41) is 0. The van der Waals surface area contributed by atoms with Gasteiger partial charge in [-0.25, -0.2) is 0 Å². The summed E-state index contributed by atoms with van der Waals surface area (Å²) in [7, 11) is -0.378. The van der Waals surface area contributed by atoms with E-state index in [0.717, 1.165) is 5.75 Å². The lowest BCUT2D eigenvalue weighted by Gasteiger charge is -2.27. The van der Waals surface area contributed by atoms with Crippen LogP contribution in [-0.4, -0.2) is 13.3 Å². The summed E-state index contributed by atoms with van der Waals surface area (Å²) >= 11 is 0. The molecule has 0 bridgehead atoms. The second-order valence-corrected chi connectivity index (χ2v) is 8.92. The average Bonchev–Trinajstić information content (AvgIpc) is 2.13. The predicted octanol–water partition coefficient (Wildman–Crippen LogP) is 5.32. The van der Waals surface area contributed by atoms with Gasteiger partial charge in [-0.1, -0.05) is 53.7 Å². The molecule has 0 unspecified atom stereocenters. The van der Waals surface area contributed by atoms with Crippen molar-refractivity contribution in [1.82, 2.24) is 0 Å². The van der Waals surface area contributed by atoms with Crippen LogP contribution in [0.25, 0.3) is 0 Å². The van der Waals surface area contributed by atoms with Gasteiger partial charge < -0.3 is 4.52 Å². The molecule has 1 nitrogen and oxygen atoms in total. The van der Waals surface area contributed by atoms with Crippen molar-refractivity contribution in [3.05, 3.63) is 29.3 Å². The quantitative estimate of drug-likeness (QED) is 0.658. The van der Waals surface area contributed by atoms with Crippen molar-refractivity contribution in [2.45, 2.75) is 52.4 Å². The molecule has 0 saturated heterocycles. The summed E-state index contributed by atoms with van der Waals surface area (Å²) in [6.07, 6.45) is 0. The Labute approximate surface area is 114 Å². The zero-order valence-electron chi connectivity index (χ0n) is 13.1. The van der Waals surface area contributed by atoms with Gasteiger partial charge in [0.15, 0.2) is 0 Å². The predicted molar refractivity (Wildman–Crippen MR) is 83.2 cm³/mol. The zero-order valence-corrected chi connectivity index (χ0v) is 14.0. The Kier molecular flexibility index (Phi) is 4.49. The van der Waals surface area contributed by atoms with Crippen LogP contribution in [0.3, 0.4) is 0 Å². The molecule has 0 fully saturated rings. The molecule has 0 aliphatic rings. The van der Waals surface area contributed by atoms with Gasteiger partial charge in [-0.15, -0.1) is 0 Å². The zero-order chi connectivity index (χ0) is 14.1. The summed E-state index contributed by atoms with van der Waals surface area (Å²) in [5.74, 6) is 1.05. The van der Waals surface area contributed by atoms with E-state index >= 15 is 0 Å². The molecule has 0 saturated carbocycles. The number of hydrogen-bond donors (Lipinski definition) is 0. The van der Waals surface area contributed by atoms with Crippen molar-refractivity contribution in [3.63, 3.8) is 0 Å². The molecule has 0 spiro atoms. The highest BCUT2D eigenvalue weighted by Crippen LogP contribution is 2.40. The molecule has 1 aromatic rings. The molecule has 1 rings (SSSR count). The fourth-order valence-corrected chi connectivity index (χ4v) is 2.41. The van der Waals surface area contributed by atoms with Gasteiger partial charge in [0.2, 0.25) is 0 Å². The monoisotopic (exact) mass is 266 g/mol. The summed E-state index contributed by atoms with van der Waals surface area (Å²) < 4.78 is 6.00. The molecule has 0 atom stereocenters. The van der Waals surface area contributed by atoms with Crippen LogP contribution in [-0.2, 0) is 10.8 Å². The first-order valence-electron chi connectivity index (χ1n) is 6.52. The molecular formula is C16H27OP. The maximum Gasteiger partial charge on any atom is 0.126 e. The van der Waals surface area contributed by atoms with Crippen LogP contribution in [0.1, 0.15) is 52.7 Å². The lowest BCUT2D eigenvalue weighted by atomic mass is 9.80. The Bertz CT molecular complexity index is 408. The van der Waals surface area contributed by atoms with Crippen molar-refractivity contribution in [2.24, 2.45) is 0 Å². The van der Waals surface area contributed by atoms with Gasteiger partial charge in [-0.2, -0.15) is 0 Å². The average molecular weight is 266 g/mol. The van der Waals surface area contributed by atoms with Crippen LogP contribution >= 0.6 is 8.15 Å². The SMILES string of the molecule is CP(C)Oc1ccc(C(C)(C)C)cc1C(C)(C)C. The van der Waals surface area contributed by atoms with Gasteiger partial charge in [0.05, 0.1) is 8.15 Å². The summed E-state index contributed by atoms with van der Waals surface area (Å²) in [4.78, 5) is 0. The highest BCUT2D eigenvalue weighted by Gasteiger charge is 2.23. The molecule has 0 N–H and O–H groups in total. The summed E-state index contributed by atoms with van der Waals surface area (Å²) in [6, 6.07) is 6.65. The Morgan fingerprint density at radius 3 is 1.83 bits per heavy atom. The Hall–Kier alpha value is -0.550. The molecule has 0 aliphatic heterocycles. The highest BCUT2D eigenvalue weighted by atomic mass is 31.1. The maximum absolute atomic E-state index is 6.00. The minimum atomic E-state index is -0.378. The molecule has 0 heterocycles. The molecule has 0 aromatic heterocycles. The van der Waals surface area contributed by atoms with Gasteiger partial charge in [0.25, 0.3) is 0 Å². The fraction of sp³-hybridized carbons (Fsp3) is 0.625. The van der Waals surface area contributed by atoms with E-state index in [1.807, 2.05) is 0 Å². The van der Waals surface area contributed by atoms with Crippen LogP contribution in [0, 0.1) is 0 Å². The van der Waals surface area contributed by atoms with Crippen LogP contribution in [0.2, 0.25) is 0 Å². The van der Waals surface area contributed by atoms with Crippen LogP contribution in [0.15, 0.2) is 18.2 Å². The molecule has 0 amide bonds. The molecule has 102 valence electrons. The third kappa shape index (κ3) is 3.99. The Balaban J connectivity index is 3.30. The number of benzene rings is 1. The van der Waals surface area contributed by atoms with Crippen molar-refractivity contribution in [3.8, 4) is 5.75 Å². The molecule has 18 heavy (non-hydrogen) atoms. The molecule has 0 aliphatic carbocycles. The third-order valence-electron chi connectivity index (χ3n) is 2.93. The van der Waals surface area contributed by atoms with Crippen molar-refractivity contribution in [1.29, 1.82) is 0 Å². The molecule has 1 aromatic carbocycles. The Morgan fingerprint density at radius 2 is 1.44 bits per heavy atom. The van der Waals surface area contributed by atoms with E-state index in [0.29, 0.717) is 0 Å². The maximum atomic E-state index is 6.00. The normalized spacial score (nSPS) is 12.9. The van der Waals surface area contributed by atoms with Crippen molar-refractivity contribution >= 4 is 8.15 Å².